The van der Waals surface area contributed by atoms with Crippen molar-refractivity contribution >= 4 is 10.0 Å². The van der Waals surface area contributed by atoms with Gasteiger partial charge in [0.05, 0.1) is 11.4 Å². The van der Waals surface area contributed by atoms with Crippen LogP contribution in [0, 0.1) is 12.7 Å². The van der Waals surface area contributed by atoms with Gasteiger partial charge in [0.15, 0.2) is 0 Å². The average Bonchev–Trinajstić information content (AvgIpc) is 2.97. The molecule has 122 valence electrons. The second kappa shape index (κ2) is 6.25. The van der Waals surface area contributed by atoms with Gasteiger partial charge in [-0.3, -0.25) is 0 Å². The van der Waals surface area contributed by atoms with Gasteiger partial charge in [0.1, 0.15) is 11.9 Å². The summed E-state index contributed by atoms with van der Waals surface area (Å²) in [5.41, 5.74) is 0.402. The van der Waals surface area contributed by atoms with Crippen LogP contribution in [0.5, 0.6) is 5.88 Å². The Balaban J connectivity index is 1.75. The minimum Gasteiger partial charge on any atom is -0.473 e. The molecule has 7 heteroatoms. The molecule has 2 heterocycles. The van der Waals surface area contributed by atoms with Gasteiger partial charge >= 0.3 is 0 Å². The minimum absolute atomic E-state index is 0.136. The van der Waals surface area contributed by atoms with Crippen molar-refractivity contribution in [3.05, 3.63) is 54.0 Å². The van der Waals surface area contributed by atoms with Crippen molar-refractivity contribution in [3.63, 3.8) is 0 Å². The number of sulfonamides is 1. The molecule has 1 aromatic heterocycles. The number of hydrogen-bond donors (Lipinski definition) is 0. The van der Waals surface area contributed by atoms with Gasteiger partial charge in [0.2, 0.25) is 15.9 Å². The van der Waals surface area contributed by atoms with Gasteiger partial charge in [-0.25, -0.2) is 17.8 Å². The Morgan fingerprint density at radius 2 is 2.13 bits per heavy atom. The van der Waals surface area contributed by atoms with Crippen molar-refractivity contribution in [2.75, 3.05) is 13.1 Å². The zero-order valence-corrected chi connectivity index (χ0v) is 13.5. The van der Waals surface area contributed by atoms with E-state index in [0.717, 1.165) is 6.07 Å². The maximum Gasteiger partial charge on any atom is 0.243 e. The number of aromatic nitrogens is 1. The molecule has 5 nitrogen and oxygen atoms in total. The maximum absolute atomic E-state index is 13.2. The summed E-state index contributed by atoms with van der Waals surface area (Å²) < 4.78 is 45.7. The summed E-state index contributed by atoms with van der Waals surface area (Å²) in [6.45, 7) is 2.22. The number of hydrogen-bond acceptors (Lipinski definition) is 4. The van der Waals surface area contributed by atoms with Crippen LogP contribution in [-0.2, 0) is 10.0 Å². The lowest BCUT2D eigenvalue weighted by Crippen LogP contribution is -2.31. The van der Waals surface area contributed by atoms with Crippen molar-refractivity contribution < 1.29 is 17.5 Å². The summed E-state index contributed by atoms with van der Waals surface area (Å²) in [5, 5.41) is 0. The Hall–Kier alpha value is -1.99. The molecule has 1 atom stereocenters. The molecule has 0 spiro atoms. The van der Waals surface area contributed by atoms with E-state index in [1.165, 1.54) is 16.4 Å². The fourth-order valence-electron chi connectivity index (χ4n) is 2.64. The number of nitrogens with zero attached hydrogens (tertiary/aromatic N) is 2. The second-order valence-electron chi connectivity index (χ2n) is 5.47. The van der Waals surface area contributed by atoms with E-state index in [9.17, 15) is 12.8 Å². The summed E-state index contributed by atoms with van der Waals surface area (Å²) in [6, 6.07) is 9.04. The minimum atomic E-state index is -3.65. The first-order valence-corrected chi connectivity index (χ1v) is 8.75. The van der Waals surface area contributed by atoms with Crippen molar-refractivity contribution in [2.45, 2.75) is 24.3 Å². The summed E-state index contributed by atoms with van der Waals surface area (Å²) in [7, 11) is -3.65. The number of aryl methyl sites for hydroxylation is 1. The molecule has 0 bridgehead atoms. The topological polar surface area (TPSA) is 59.5 Å². The van der Waals surface area contributed by atoms with Gasteiger partial charge in [-0.05, 0) is 43.2 Å². The number of halogens is 1. The molecule has 1 unspecified atom stereocenters. The highest BCUT2D eigenvalue weighted by atomic mass is 32.2. The van der Waals surface area contributed by atoms with Crippen molar-refractivity contribution in [1.29, 1.82) is 0 Å². The van der Waals surface area contributed by atoms with E-state index in [4.69, 9.17) is 4.74 Å². The van der Waals surface area contributed by atoms with Crippen molar-refractivity contribution in [2.24, 2.45) is 0 Å². The molecule has 0 saturated carbocycles. The molecular formula is C16H17FN2O3S. The highest BCUT2D eigenvalue weighted by Crippen LogP contribution is 2.25. The Kier molecular flexibility index (Phi) is 4.32. The van der Waals surface area contributed by atoms with Crippen LogP contribution in [0.25, 0.3) is 0 Å². The first-order chi connectivity index (χ1) is 11.0. The maximum atomic E-state index is 13.2. The van der Waals surface area contributed by atoms with Crippen LogP contribution in [-0.4, -0.2) is 36.9 Å². The molecule has 2 aromatic rings. The molecule has 1 aliphatic rings. The lowest BCUT2D eigenvalue weighted by atomic mass is 10.2. The first-order valence-electron chi connectivity index (χ1n) is 7.31. The Morgan fingerprint density at radius 3 is 2.83 bits per heavy atom. The van der Waals surface area contributed by atoms with E-state index in [2.05, 4.69) is 4.98 Å². The van der Waals surface area contributed by atoms with E-state index in [1.807, 2.05) is 6.07 Å². The lowest BCUT2D eigenvalue weighted by molar-refractivity contribution is 0.207. The van der Waals surface area contributed by atoms with Crippen LogP contribution in [0.3, 0.4) is 0 Å². The molecule has 1 saturated heterocycles. The number of pyridine rings is 1. The van der Waals surface area contributed by atoms with Crippen LogP contribution in [0.2, 0.25) is 0 Å². The summed E-state index contributed by atoms with van der Waals surface area (Å²) in [5.74, 6) is 0.0361. The van der Waals surface area contributed by atoms with Gasteiger partial charge in [0, 0.05) is 18.8 Å². The van der Waals surface area contributed by atoms with Crippen molar-refractivity contribution in [3.8, 4) is 5.88 Å². The van der Waals surface area contributed by atoms with Crippen LogP contribution in [0.4, 0.5) is 4.39 Å². The number of rotatable bonds is 4. The lowest BCUT2D eigenvalue weighted by Gasteiger charge is -2.18. The van der Waals surface area contributed by atoms with Crippen LogP contribution < -0.4 is 4.74 Å². The highest BCUT2D eigenvalue weighted by molar-refractivity contribution is 7.89. The predicted octanol–water partition coefficient (Wildman–Crippen LogP) is 2.37. The second-order valence-corrected chi connectivity index (χ2v) is 7.38. The van der Waals surface area contributed by atoms with E-state index in [-0.39, 0.29) is 17.5 Å². The molecule has 1 fully saturated rings. The molecule has 0 amide bonds. The third kappa shape index (κ3) is 3.35. The van der Waals surface area contributed by atoms with Gasteiger partial charge in [-0.1, -0.05) is 6.07 Å². The summed E-state index contributed by atoms with van der Waals surface area (Å²) in [4.78, 5) is 4.22. The van der Waals surface area contributed by atoms with Crippen LogP contribution in [0.1, 0.15) is 12.0 Å². The first kappa shape index (κ1) is 15.9. The average molecular weight is 336 g/mol. The summed E-state index contributed by atoms with van der Waals surface area (Å²) >= 11 is 0. The molecular weight excluding hydrogens is 319 g/mol. The van der Waals surface area contributed by atoms with Gasteiger partial charge in [-0.2, -0.15) is 4.31 Å². The smallest absolute Gasteiger partial charge is 0.243 e. The van der Waals surface area contributed by atoms with E-state index in [0.29, 0.717) is 24.4 Å². The van der Waals surface area contributed by atoms with Crippen LogP contribution in [0.15, 0.2) is 47.5 Å². The Labute approximate surface area is 134 Å². The fraction of sp³-hybridized carbons (Fsp3) is 0.312. The highest BCUT2D eigenvalue weighted by Gasteiger charge is 2.34. The molecule has 1 aliphatic heterocycles. The Bertz CT molecular complexity index is 796. The van der Waals surface area contributed by atoms with Crippen LogP contribution >= 0.6 is 0 Å². The fourth-order valence-corrected chi connectivity index (χ4v) is 4.33. The molecule has 0 N–H and O–H groups in total. The zero-order valence-electron chi connectivity index (χ0n) is 12.6. The van der Waals surface area contributed by atoms with Gasteiger partial charge in [-0.15, -0.1) is 0 Å². The quantitative estimate of drug-likeness (QED) is 0.860. The zero-order chi connectivity index (χ0) is 16.4. The molecule has 1 aromatic carbocycles. The molecule has 3 rings (SSSR count). The van der Waals surface area contributed by atoms with Crippen molar-refractivity contribution in [1.82, 2.24) is 9.29 Å². The number of ether oxygens (including phenoxy) is 1. The summed E-state index contributed by atoms with van der Waals surface area (Å²) in [6.07, 6.45) is 1.98. The largest absolute Gasteiger partial charge is 0.473 e. The standard InChI is InChI=1S/C16H17FN2O3S/c1-12-10-13(17)5-6-15(12)23(20,21)19-9-7-14(11-19)22-16-4-2-3-8-18-16/h2-6,8,10,14H,7,9,11H2,1H3. The molecule has 23 heavy (non-hydrogen) atoms. The monoisotopic (exact) mass is 336 g/mol. The third-order valence-electron chi connectivity index (χ3n) is 3.79. The molecule has 0 aliphatic carbocycles. The normalized spacial score (nSPS) is 19.0. The van der Waals surface area contributed by atoms with E-state index >= 15 is 0 Å². The SMILES string of the molecule is Cc1cc(F)ccc1S(=O)(=O)N1CCC(Oc2ccccn2)C1. The van der Waals surface area contributed by atoms with E-state index in [1.54, 1.807) is 25.3 Å². The third-order valence-corrected chi connectivity index (χ3v) is 5.81. The van der Waals surface area contributed by atoms with E-state index < -0.39 is 15.8 Å². The Morgan fingerprint density at radius 1 is 1.30 bits per heavy atom. The van der Waals surface area contributed by atoms with Gasteiger partial charge < -0.3 is 4.74 Å². The number of benzene rings is 1. The molecule has 0 radical (unpaired) electrons. The predicted molar refractivity (Wildman–Crippen MR) is 83.2 cm³/mol. The van der Waals surface area contributed by atoms with Gasteiger partial charge in [0.25, 0.3) is 0 Å².